The van der Waals surface area contributed by atoms with Gasteiger partial charge in [0.15, 0.2) is 0 Å². The summed E-state index contributed by atoms with van der Waals surface area (Å²) in [5, 5.41) is 9.64. The Kier molecular flexibility index (Phi) is 3.09. The Hall–Kier alpha value is -0.120. The monoisotopic (exact) mass is 173 g/mol. The highest BCUT2D eigenvalue weighted by atomic mass is 16.5. The van der Waals surface area contributed by atoms with Crippen LogP contribution in [0.5, 0.6) is 0 Å². The van der Waals surface area contributed by atoms with Crippen LogP contribution >= 0.6 is 0 Å². The summed E-state index contributed by atoms with van der Waals surface area (Å²) in [6, 6.07) is 0. The molecule has 1 saturated heterocycles. The normalized spacial score (nSPS) is 29.5. The fourth-order valence-corrected chi connectivity index (χ4v) is 1.73. The van der Waals surface area contributed by atoms with Crippen LogP contribution in [0, 0.1) is 0 Å². The van der Waals surface area contributed by atoms with Crippen molar-refractivity contribution in [2.75, 3.05) is 26.8 Å². The number of likely N-dealkylation sites (tertiary alicyclic amines) is 1. The van der Waals surface area contributed by atoms with E-state index in [-0.39, 0.29) is 11.6 Å². The molecule has 12 heavy (non-hydrogen) atoms. The predicted molar refractivity (Wildman–Crippen MR) is 48.2 cm³/mol. The number of ether oxygens (including phenoxy) is 1. The van der Waals surface area contributed by atoms with Crippen molar-refractivity contribution in [3.8, 4) is 0 Å². The molecule has 0 spiro atoms. The maximum absolute atomic E-state index is 9.64. The van der Waals surface area contributed by atoms with Crippen LogP contribution in [0.3, 0.4) is 0 Å². The number of nitrogens with zero attached hydrogens (tertiary/aromatic N) is 1. The number of aliphatic hydroxyl groups is 1. The second-order valence-electron chi connectivity index (χ2n) is 3.94. The molecule has 1 aliphatic rings. The Morgan fingerprint density at radius 2 is 2.25 bits per heavy atom. The Morgan fingerprint density at radius 1 is 1.58 bits per heavy atom. The van der Waals surface area contributed by atoms with Crippen LogP contribution < -0.4 is 0 Å². The molecule has 0 aromatic carbocycles. The number of rotatable bonds is 3. The van der Waals surface area contributed by atoms with Gasteiger partial charge in [-0.3, -0.25) is 4.90 Å². The number of methoxy groups -OCH3 is 1. The van der Waals surface area contributed by atoms with Gasteiger partial charge in [-0.15, -0.1) is 0 Å². The largest absolute Gasteiger partial charge is 0.391 e. The third kappa shape index (κ3) is 1.79. The predicted octanol–water partition coefficient (Wildman–Crippen LogP) is 0.478. The van der Waals surface area contributed by atoms with Gasteiger partial charge in [-0.1, -0.05) is 0 Å². The van der Waals surface area contributed by atoms with E-state index in [9.17, 15) is 5.11 Å². The van der Waals surface area contributed by atoms with Gasteiger partial charge in [0.1, 0.15) is 0 Å². The van der Waals surface area contributed by atoms with E-state index in [0.29, 0.717) is 0 Å². The van der Waals surface area contributed by atoms with Gasteiger partial charge in [0.2, 0.25) is 0 Å². The number of hydrogen-bond donors (Lipinski definition) is 1. The number of aliphatic hydroxyl groups excluding tert-OH is 1. The van der Waals surface area contributed by atoms with Crippen molar-refractivity contribution in [1.82, 2.24) is 4.90 Å². The van der Waals surface area contributed by atoms with E-state index in [4.69, 9.17) is 4.74 Å². The molecule has 1 heterocycles. The van der Waals surface area contributed by atoms with Crippen LogP contribution in [0.25, 0.3) is 0 Å². The quantitative estimate of drug-likeness (QED) is 0.673. The lowest BCUT2D eigenvalue weighted by Gasteiger charge is -2.33. The van der Waals surface area contributed by atoms with Crippen molar-refractivity contribution in [3.63, 3.8) is 0 Å². The van der Waals surface area contributed by atoms with Crippen molar-refractivity contribution >= 4 is 0 Å². The maximum atomic E-state index is 9.64. The first-order valence-corrected chi connectivity index (χ1v) is 4.51. The molecule has 0 aliphatic carbocycles. The van der Waals surface area contributed by atoms with Gasteiger partial charge in [0.05, 0.1) is 12.7 Å². The maximum Gasteiger partial charge on any atom is 0.0730 e. The van der Waals surface area contributed by atoms with E-state index in [2.05, 4.69) is 18.7 Å². The van der Waals surface area contributed by atoms with Crippen molar-refractivity contribution in [1.29, 1.82) is 0 Å². The molecule has 1 rings (SSSR count). The van der Waals surface area contributed by atoms with E-state index >= 15 is 0 Å². The summed E-state index contributed by atoms with van der Waals surface area (Å²) < 4.78 is 5.01. The van der Waals surface area contributed by atoms with Gasteiger partial charge in [0, 0.05) is 25.7 Å². The highest BCUT2D eigenvalue weighted by molar-refractivity contribution is 4.95. The van der Waals surface area contributed by atoms with Gasteiger partial charge in [-0.2, -0.15) is 0 Å². The van der Waals surface area contributed by atoms with E-state index in [1.807, 2.05) is 0 Å². The van der Waals surface area contributed by atoms with Crippen molar-refractivity contribution in [2.24, 2.45) is 0 Å². The molecule has 0 saturated carbocycles. The van der Waals surface area contributed by atoms with Gasteiger partial charge >= 0.3 is 0 Å². The first-order chi connectivity index (χ1) is 5.59. The second kappa shape index (κ2) is 3.73. The second-order valence-corrected chi connectivity index (χ2v) is 3.94. The minimum atomic E-state index is -0.186. The van der Waals surface area contributed by atoms with E-state index in [0.717, 1.165) is 26.1 Å². The molecule has 1 fully saturated rings. The molecule has 0 aromatic heterocycles. The lowest BCUT2D eigenvalue weighted by Crippen LogP contribution is -2.46. The number of hydrogen-bond acceptors (Lipinski definition) is 3. The Bertz CT molecular complexity index is 147. The lowest BCUT2D eigenvalue weighted by molar-refractivity contribution is 0.0400. The fourth-order valence-electron chi connectivity index (χ4n) is 1.73. The van der Waals surface area contributed by atoms with E-state index in [1.165, 1.54) is 0 Å². The molecule has 0 bridgehead atoms. The summed E-state index contributed by atoms with van der Waals surface area (Å²) in [5.41, 5.74) is -0.0709. The average Bonchev–Trinajstić information content (AvgIpc) is 2.25. The average molecular weight is 173 g/mol. The van der Waals surface area contributed by atoms with Crippen LogP contribution in [0.4, 0.5) is 0 Å². The highest BCUT2D eigenvalue weighted by Gasteiger charge is 2.39. The molecule has 1 aliphatic heterocycles. The Balaban J connectivity index is 2.44. The van der Waals surface area contributed by atoms with Crippen LogP contribution in [-0.4, -0.2) is 48.5 Å². The molecular weight excluding hydrogens is 154 g/mol. The summed E-state index contributed by atoms with van der Waals surface area (Å²) in [5.74, 6) is 0. The highest BCUT2D eigenvalue weighted by Crippen LogP contribution is 2.27. The summed E-state index contributed by atoms with van der Waals surface area (Å²) in [6.45, 7) is 6.81. The van der Waals surface area contributed by atoms with Gasteiger partial charge < -0.3 is 9.84 Å². The van der Waals surface area contributed by atoms with E-state index in [1.54, 1.807) is 7.11 Å². The van der Waals surface area contributed by atoms with Gasteiger partial charge in [0.25, 0.3) is 0 Å². The van der Waals surface area contributed by atoms with Crippen LogP contribution in [0.15, 0.2) is 0 Å². The third-order valence-electron chi connectivity index (χ3n) is 2.87. The molecule has 1 unspecified atom stereocenters. The zero-order chi connectivity index (χ0) is 9.19. The molecule has 72 valence electrons. The standard InChI is InChI=1S/C9H19NO2/c1-9(2)8(11)4-5-10(9)6-7-12-3/h8,11H,4-7H2,1-3H3. The first kappa shape index (κ1) is 9.96. The van der Waals surface area contributed by atoms with Crippen molar-refractivity contribution in [3.05, 3.63) is 0 Å². The Labute approximate surface area is 74.3 Å². The molecule has 0 aromatic rings. The molecular formula is C9H19NO2. The molecule has 1 N–H and O–H groups in total. The van der Waals surface area contributed by atoms with Crippen LogP contribution in [0.1, 0.15) is 20.3 Å². The van der Waals surface area contributed by atoms with Crippen molar-refractivity contribution in [2.45, 2.75) is 31.9 Å². The van der Waals surface area contributed by atoms with Gasteiger partial charge in [-0.05, 0) is 20.3 Å². The molecule has 0 radical (unpaired) electrons. The van der Waals surface area contributed by atoms with Crippen LogP contribution in [-0.2, 0) is 4.74 Å². The fraction of sp³-hybridized carbons (Fsp3) is 1.00. The zero-order valence-corrected chi connectivity index (χ0v) is 8.21. The minimum absolute atomic E-state index is 0.0709. The van der Waals surface area contributed by atoms with Crippen LogP contribution in [0.2, 0.25) is 0 Å². The summed E-state index contributed by atoms with van der Waals surface area (Å²) in [6.07, 6.45) is 0.700. The Morgan fingerprint density at radius 3 is 2.67 bits per heavy atom. The SMILES string of the molecule is COCCN1CCC(O)C1(C)C. The summed E-state index contributed by atoms with van der Waals surface area (Å²) >= 11 is 0. The van der Waals surface area contributed by atoms with E-state index < -0.39 is 0 Å². The topological polar surface area (TPSA) is 32.7 Å². The first-order valence-electron chi connectivity index (χ1n) is 4.51. The van der Waals surface area contributed by atoms with Gasteiger partial charge in [-0.25, -0.2) is 0 Å². The third-order valence-corrected chi connectivity index (χ3v) is 2.87. The summed E-state index contributed by atoms with van der Waals surface area (Å²) in [7, 11) is 1.71. The molecule has 3 heteroatoms. The molecule has 1 atom stereocenters. The van der Waals surface area contributed by atoms with Crippen molar-refractivity contribution < 1.29 is 9.84 Å². The summed E-state index contributed by atoms with van der Waals surface area (Å²) in [4.78, 5) is 2.28. The molecule has 0 amide bonds. The minimum Gasteiger partial charge on any atom is -0.391 e. The smallest absolute Gasteiger partial charge is 0.0730 e. The zero-order valence-electron chi connectivity index (χ0n) is 8.21. The molecule has 3 nitrogen and oxygen atoms in total. The lowest BCUT2D eigenvalue weighted by atomic mass is 9.99.